The van der Waals surface area contributed by atoms with Gasteiger partial charge in [-0.2, -0.15) is 0 Å². The first-order chi connectivity index (χ1) is 4.43. The second kappa shape index (κ2) is 3.66. The summed E-state index contributed by atoms with van der Waals surface area (Å²) >= 11 is 0. The SMILES string of the molecule is [SiH3]CCCC1=NCCN1. The Hall–Kier alpha value is -0.313. The molecule has 0 aromatic heterocycles. The van der Waals surface area contributed by atoms with Gasteiger partial charge in [-0.3, -0.25) is 4.99 Å². The predicted molar refractivity (Wildman–Crippen MR) is 44.3 cm³/mol. The van der Waals surface area contributed by atoms with Crippen LogP contribution >= 0.6 is 0 Å². The van der Waals surface area contributed by atoms with E-state index >= 15 is 0 Å². The summed E-state index contributed by atoms with van der Waals surface area (Å²) in [4.78, 5) is 4.29. The van der Waals surface area contributed by atoms with Crippen molar-refractivity contribution in [2.75, 3.05) is 13.1 Å². The maximum atomic E-state index is 4.29. The van der Waals surface area contributed by atoms with Crippen LogP contribution in [0.5, 0.6) is 0 Å². The van der Waals surface area contributed by atoms with E-state index in [0.717, 1.165) is 13.1 Å². The minimum atomic E-state index is 0.997. The summed E-state index contributed by atoms with van der Waals surface area (Å²) in [6.07, 6.45) is 2.52. The van der Waals surface area contributed by atoms with Gasteiger partial charge in [-0.1, -0.05) is 6.04 Å². The highest BCUT2D eigenvalue weighted by Crippen LogP contribution is 1.97. The lowest BCUT2D eigenvalue weighted by molar-refractivity contribution is 0.920. The molecule has 0 bridgehead atoms. The number of rotatable bonds is 3. The second-order valence-electron chi connectivity index (χ2n) is 2.36. The van der Waals surface area contributed by atoms with Crippen LogP contribution in [0.1, 0.15) is 12.8 Å². The summed E-state index contributed by atoms with van der Waals surface area (Å²) in [5.41, 5.74) is 0. The Labute approximate surface area is 59.2 Å². The Morgan fingerprint density at radius 1 is 1.67 bits per heavy atom. The van der Waals surface area contributed by atoms with Crippen LogP contribution in [-0.2, 0) is 0 Å². The molecule has 3 heteroatoms. The maximum absolute atomic E-state index is 4.29. The lowest BCUT2D eigenvalue weighted by atomic mass is 10.3. The van der Waals surface area contributed by atoms with E-state index in [4.69, 9.17) is 0 Å². The van der Waals surface area contributed by atoms with Crippen molar-refractivity contribution >= 4 is 16.1 Å². The van der Waals surface area contributed by atoms with Gasteiger partial charge in [0, 0.05) is 23.2 Å². The molecule has 1 aliphatic heterocycles. The molecule has 0 amide bonds. The normalized spacial score (nSPS) is 17.6. The second-order valence-corrected chi connectivity index (χ2v) is 3.36. The molecule has 0 saturated heterocycles. The van der Waals surface area contributed by atoms with Crippen LogP contribution in [0.25, 0.3) is 0 Å². The molecule has 0 fully saturated rings. The number of nitrogens with one attached hydrogen (secondary N) is 1. The summed E-state index contributed by atoms with van der Waals surface area (Å²) in [6.45, 7) is 2.06. The van der Waals surface area contributed by atoms with E-state index in [-0.39, 0.29) is 0 Å². The minimum absolute atomic E-state index is 0.997. The fourth-order valence-electron chi connectivity index (χ4n) is 0.959. The van der Waals surface area contributed by atoms with Crippen molar-refractivity contribution in [2.24, 2.45) is 4.99 Å². The first kappa shape index (κ1) is 6.80. The molecule has 0 spiro atoms. The molecule has 1 heterocycles. The van der Waals surface area contributed by atoms with Gasteiger partial charge in [0.05, 0.1) is 12.4 Å². The summed E-state index contributed by atoms with van der Waals surface area (Å²) in [7, 11) is 1.34. The van der Waals surface area contributed by atoms with Crippen LogP contribution < -0.4 is 5.32 Å². The maximum Gasteiger partial charge on any atom is 0.0964 e. The van der Waals surface area contributed by atoms with E-state index in [1.807, 2.05) is 0 Å². The first-order valence-corrected chi connectivity index (χ1v) is 5.12. The number of hydrogen-bond acceptors (Lipinski definition) is 2. The van der Waals surface area contributed by atoms with Crippen LogP contribution in [-0.4, -0.2) is 29.2 Å². The average Bonchev–Trinajstić information content (AvgIpc) is 2.34. The van der Waals surface area contributed by atoms with Crippen molar-refractivity contribution in [3.63, 3.8) is 0 Å². The highest BCUT2D eigenvalue weighted by Gasteiger charge is 2.01. The number of amidine groups is 1. The Bertz CT molecular complexity index is 112. The van der Waals surface area contributed by atoms with Crippen LogP contribution in [0.4, 0.5) is 0 Å². The third-order valence-corrected chi connectivity index (χ3v) is 2.22. The zero-order chi connectivity index (χ0) is 6.53. The smallest absolute Gasteiger partial charge is 0.0964 e. The van der Waals surface area contributed by atoms with Gasteiger partial charge in [-0.15, -0.1) is 0 Å². The Morgan fingerprint density at radius 3 is 3.11 bits per heavy atom. The van der Waals surface area contributed by atoms with Gasteiger partial charge in [-0.25, -0.2) is 0 Å². The van der Waals surface area contributed by atoms with Crippen molar-refractivity contribution in [1.82, 2.24) is 5.32 Å². The van der Waals surface area contributed by atoms with Crippen LogP contribution in [0.2, 0.25) is 6.04 Å². The molecule has 0 unspecified atom stereocenters. The summed E-state index contributed by atoms with van der Waals surface area (Å²) in [6, 6.07) is 1.40. The molecule has 1 aliphatic rings. The first-order valence-electron chi connectivity index (χ1n) is 3.70. The van der Waals surface area contributed by atoms with Gasteiger partial charge in [0.1, 0.15) is 0 Å². The van der Waals surface area contributed by atoms with E-state index < -0.39 is 0 Å². The predicted octanol–water partition coefficient (Wildman–Crippen LogP) is -0.448. The van der Waals surface area contributed by atoms with Crippen LogP contribution in [0.3, 0.4) is 0 Å². The average molecular weight is 142 g/mol. The number of nitrogens with zero attached hydrogens (tertiary/aromatic N) is 1. The van der Waals surface area contributed by atoms with E-state index in [9.17, 15) is 0 Å². The highest BCUT2D eigenvalue weighted by atomic mass is 28.1. The topological polar surface area (TPSA) is 24.4 Å². The fraction of sp³-hybridized carbons (Fsp3) is 0.833. The number of aliphatic imine (C=N–C) groups is 1. The zero-order valence-electron chi connectivity index (χ0n) is 5.98. The van der Waals surface area contributed by atoms with Crippen molar-refractivity contribution in [3.05, 3.63) is 0 Å². The lowest BCUT2D eigenvalue weighted by Gasteiger charge is -1.97. The largest absolute Gasteiger partial charge is 0.372 e. The molecule has 1 N–H and O–H groups in total. The Kier molecular flexibility index (Phi) is 2.77. The molecule has 0 aliphatic carbocycles. The third-order valence-electron chi connectivity index (χ3n) is 1.51. The molecule has 0 aromatic rings. The molecular formula is C6H14N2Si. The summed E-state index contributed by atoms with van der Waals surface area (Å²) in [5, 5.41) is 3.26. The molecule has 1 rings (SSSR count). The van der Waals surface area contributed by atoms with E-state index in [2.05, 4.69) is 10.3 Å². The van der Waals surface area contributed by atoms with Crippen molar-refractivity contribution < 1.29 is 0 Å². The summed E-state index contributed by atoms with van der Waals surface area (Å²) in [5.74, 6) is 1.24. The quantitative estimate of drug-likeness (QED) is 0.530. The zero-order valence-corrected chi connectivity index (χ0v) is 7.98. The highest BCUT2D eigenvalue weighted by molar-refractivity contribution is 6.08. The molecule has 0 atom stereocenters. The molecule has 52 valence electrons. The van der Waals surface area contributed by atoms with Crippen molar-refractivity contribution in [1.29, 1.82) is 0 Å². The fourth-order valence-corrected chi connectivity index (χ4v) is 1.31. The van der Waals surface area contributed by atoms with Gasteiger partial charge in [0.15, 0.2) is 0 Å². The van der Waals surface area contributed by atoms with E-state index in [1.54, 1.807) is 0 Å². The van der Waals surface area contributed by atoms with Crippen molar-refractivity contribution in [2.45, 2.75) is 18.9 Å². The van der Waals surface area contributed by atoms with Crippen molar-refractivity contribution in [3.8, 4) is 0 Å². The summed E-state index contributed by atoms with van der Waals surface area (Å²) < 4.78 is 0. The standard InChI is InChI=1S/C6H14N2Si/c9-5-1-2-6-7-3-4-8-6/h1-5H2,9H3,(H,7,8). The molecule has 0 aromatic carbocycles. The molecular weight excluding hydrogens is 128 g/mol. The Morgan fingerprint density at radius 2 is 2.56 bits per heavy atom. The van der Waals surface area contributed by atoms with Gasteiger partial charge < -0.3 is 5.32 Å². The van der Waals surface area contributed by atoms with E-state index in [0.29, 0.717) is 0 Å². The minimum Gasteiger partial charge on any atom is -0.372 e. The van der Waals surface area contributed by atoms with Crippen LogP contribution in [0, 0.1) is 0 Å². The molecule has 2 nitrogen and oxygen atoms in total. The van der Waals surface area contributed by atoms with Gasteiger partial charge >= 0.3 is 0 Å². The Balaban J connectivity index is 2.11. The lowest BCUT2D eigenvalue weighted by Crippen LogP contribution is -2.17. The monoisotopic (exact) mass is 142 g/mol. The molecule has 9 heavy (non-hydrogen) atoms. The van der Waals surface area contributed by atoms with Crippen LogP contribution in [0.15, 0.2) is 4.99 Å². The molecule has 0 radical (unpaired) electrons. The van der Waals surface area contributed by atoms with Gasteiger partial charge in [0.25, 0.3) is 0 Å². The molecule has 0 saturated carbocycles. The number of hydrogen-bond donors (Lipinski definition) is 1. The third kappa shape index (κ3) is 2.18. The van der Waals surface area contributed by atoms with Gasteiger partial charge in [0.2, 0.25) is 0 Å². The van der Waals surface area contributed by atoms with Gasteiger partial charge in [-0.05, 0) is 6.42 Å². The van der Waals surface area contributed by atoms with E-state index in [1.165, 1.54) is 35.0 Å².